The van der Waals surface area contributed by atoms with E-state index in [4.69, 9.17) is 43.7 Å². The molecule has 3 rings (SSSR count). The fraction of sp³-hybridized carbons (Fsp3) is 0.409. The molecule has 0 radical (unpaired) electrons. The molecule has 0 amide bonds. The molecule has 1 aliphatic heterocycles. The number of hydrogen-bond acceptors (Lipinski definition) is 8. The van der Waals surface area contributed by atoms with E-state index < -0.39 is 37.3 Å². The number of cyclic esters (lactones) is 1. The van der Waals surface area contributed by atoms with Crippen LogP contribution < -0.4 is 4.74 Å². The van der Waals surface area contributed by atoms with Gasteiger partial charge in [0.2, 0.25) is 0 Å². The Morgan fingerprint density at radius 1 is 1.17 bits per heavy atom. The first-order chi connectivity index (χ1) is 20.2. The number of benzene rings is 2. The van der Waals surface area contributed by atoms with Gasteiger partial charge in [-0.1, -0.05) is 41.4 Å². The summed E-state index contributed by atoms with van der Waals surface area (Å²) in [5.41, 5.74) is 3.16. The number of aryl methyl sites for hydroxylation is 1. The van der Waals surface area contributed by atoms with Crippen LogP contribution in [0.5, 0.6) is 5.75 Å². The molecular weight excluding hydrogens is 768 g/mol. The molecular formula is C22H26ClO8P11+2. The van der Waals surface area contributed by atoms with Crippen LogP contribution in [0.25, 0.3) is 0 Å². The summed E-state index contributed by atoms with van der Waals surface area (Å²) in [7, 11) is 22.4. The quantitative estimate of drug-likeness (QED) is 0.164. The second-order valence-electron chi connectivity index (χ2n) is 8.11. The van der Waals surface area contributed by atoms with E-state index in [9.17, 15) is 4.79 Å². The van der Waals surface area contributed by atoms with Crippen LogP contribution in [0.15, 0.2) is 42.5 Å². The molecule has 20 heteroatoms. The molecule has 1 heterocycles. The van der Waals surface area contributed by atoms with E-state index >= 15 is 0 Å². The van der Waals surface area contributed by atoms with E-state index in [2.05, 4.69) is 52.3 Å². The van der Waals surface area contributed by atoms with Crippen LogP contribution in [0.1, 0.15) is 29.7 Å². The molecule has 0 N–H and O–H groups in total. The molecule has 2 aromatic carbocycles. The van der Waals surface area contributed by atoms with E-state index in [1.165, 1.54) is 0 Å². The van der Waals surface area contributed by atoms with Crippen molar-refractivity contribution in [2.45, 2.75) is 44.4 Å². The maximum absolute atomic E-state index is 12.2. The van der Waals surface area contributed by atoms with Crippen molar-refractivity contribution in [2.75, 3.05) is 13.2 Å². The number of hydrogen-bond donors (Lipinski definition) is 0. The van der Waals surface area contributed by atoms with Gasteiger partial charge in [0.25, 0.3) is 0 Å². The molecule has 1 saturated heterocycles. The second kappa shape index (κ2) is 22.8. The Morgan fingerprint density at radius 3 is 2.45 bits per heavy atom. The van der Waals surface area contributed by atoms with E-state index in [0.717, 1.165) is 22.4 Å². The number of carbonyl (C=O) groups excluding carboxylic acids is 1. The molecule has 4 unspecified atom stereocenters. The third-order valence-corrected chi connectivity index (χ3v) is 13.6. The number of rotatable bonds is 11. The summed E-state index contributed by atoms with van der Waals surface area (Å²) in [5.74, 6) is 0.311. The van der Waals surface area contributed by atoms with Crippen LogP contribution >= 0.6 is 101 Å². The van der Waals surface area contributed by atoms with Gasteiger partial charge in [-0.25, -0.2) is 0 Å². The van der Waals surface area contributed by atoms with Gasteiger partial charge >= 0.3 is 145 Å². The summed E-state index contributed by atoms with van der Waals surface area (Å²) in [6.07, 6.45) is -3.05. The summed E-state index contributed by atoms with van der Waals surface area (Å²) >= 11 is 6.29. The monoisotopic (exact) mass is 794 g/mol. The Hall–Kier alpha value is 2.27. The van der Waals surface area contributed by atoms with Crippen molar-refractivity contribution < 1.29 is 36.9 Å². The first kappa shape index (κ1) is 40.4. The van der Waals surface area contributed by atoms with Crippen molar-refractivity contribution in [3.8, 4) is 5.75 Å². The minimum atomic E-state index is -1.21. The van der Waals surface area contributed by atoms with Gasteiger partial charge in [-0.2, -0.15) is 0 Å². The number of carbonyl (C=O) groups is 1. The van der Waals surface area contributed by atoms with Crippen LogP contribution in [-0.4, -0.2) is 43.6 Å². The standard InChI is InChI=1S/C16H18ClO2P.C6H8O6P10/c1-3-18-13-7-5-12(6-8-13)16(19-20)14-10-11(2)4-9-15(14)17;7-6-5(12-22(17)21-16)4(11-19-20-15)3(10-18-14)2(9-6)1-8-13/h4-10,16H,3,20H2,1-2H3;2-5H,1,13H2/q;+2/t;2-,3-,4+,5-/m.1/s1. The summed E-state index contributed by atoms with van der Waals surface area (Å²) in [4.78, 5) is 12.2. The van der Waals surface area contributed by atoms with Gasteiger partial charge in [-0.15, -0.1) is 0 Å². The third-order valence-electron chi connectivity index (χ3n) is 5.47. The van der Waals surface area contributed by atoms with Gasteiger partial charge in [0.05, 0.1) is 6.61 Å². The SMILES string of the molecule is CCOc1ccc(C(OP)c2cc(C)ccc2Cl)cc1.O=C1O[C@H](COP)[C@@H](O[P+]#P)[C@H](OP=P#P)[C@H]1OP(#P)[P+]#P. The van der Waals surface area contributed by atoms with Crippen LogP contribution in [0.2, 0.25) is 5.02 Å². The molecule has 8 atom stereocenters. The van der Waals surface area contributed by atoms with Crippen LogP contribution in [0.4, 0.5) is 0 Å². The molecule has 1 fully saturated rings. The van der Waals surface area contributed by atoms with Crippen molar-refractivity contribution >= 4 is 107 Å². The Kier molecular flexibility index (Phi) is 21.9. The van der Waals surface area contributed by atoms with Crippen LogP contribution in [0, 0.1) is 6.92 Å². The fourth-order valence-electron chi connectivity index (χ4n) is 3.72. The predicted molar refractivity (Wildman–Crippen MR) is 189 cm³/mol. The summed E-state index contributed by atoms with van der Waals surface area (Å²) in [5, 5.41) is 0.705. The van der Waals surface area contributed by atoms with E-state index in [-0.39, 0.29) is 12.7 Å². The molecule has 0 bridgehead atoms. The van der Waals surface area contributed by atoms with E-state index in [1.807, 2.05) is 56.3 Å². The average Bonchev–Trinajstić information content (AvgIpc) is 2.98. The van der Waals surface area contributed by atoms with Gasteiger partial charge in [0, 0.05) is 20.1 Å². The molecule has 8 nitrogen and oxygen atoms in total. The van der Waals surface area contributed by atoms with E-state index in [0.29, 0.717) is 42.0 Å². The minimum absolute atomic E-state index is 0.146. The van der Waals surface area contributed by atoms with Crippen molar-refractivity contribution in [2.24, 2.45) is 0 Å². The fourth-order valence-corrected chi connectivity index (χ4v) is 7.91. The Balaban J connectivity index is 0.000000294. The Bertz CT molecular complexity index is 1460. The topological polar surface area (TPSA) is 81.7 Å². The molecule has 0 aliphatic carbocycles. The molecule has 2 aromatic rings. The van der Waals surface area contributed by atoms with Gasteiger partial charge in [-0.05, 0) is 37.6 Å². The molecule has 222 valence electrons. The number of halogens is 1. The first-order valence-corrected chi connectivity index (χ1v) is 23.8. The van der Waals surface area contributed by atoms with Crippen molar-refractivity contribution in [3.63, 3.8) is 0 Å². The normalized spacial score (nSPS) is 20.8. The first-order valence-electron chi connectivity index (χ1n) is 11.8. The summed E-state index contributed by atoms with van der Waals surface area (Å²) < 4.78 is 38.2. The van der Waals surface area contributed by atoms with Crippen molar-refractivity contribution in [3.05, 3.63) is 64.2 Å². The number of esters is 1. The van der Waals surface area contributed by atoms with Gasteiger partial charge in [0.1, 0.15) is 11.9 Å². The number of ether oxygens (including phenoxy) is 2. The zero-order chi connectivity index (χ0) is 31.1. The second-order valence-corrected chi connectivity index (χ2v) is 19.3. The maximum atomic E-state index is 12.2. The molecule has 0 spiro atoms. The van der Waals surface area contributed by atoms with Gasteiger partial charge < -0.3 is 9.26 Å². The molecule has 42 heavy (non-hydrogen) atoms. The zero-order valence-corrected chi connectivity index (χ0v) is 33.3. The van der Waals surface area contributed by atoms with Gasteiger partial charge in [-0.3, -0.25) is 0 Å². The summed E-state index contributed by atoms with van der Waals surface area (Å²) in [6, 6.07) is 13.8. The predicted octanol–water partition coefficient (Wildman–Crippen LogP) is 12.0. The van der Waals surface area contributed by atoms with Crippen LogP contribution in [0.3, 0.4) is 0 Å². The van der Waals surface area contributed by atoms with Crippen LogP contribution in [-0.2, 0) is 32.2 Å². The Labute approximate surface area is 270 Å². The molecule has 1 aliphatic rings. The molecule has 0 aromatic heterocycles. The average molecular weight is 795 g/mol. The van der Waals surface area contributed by atoms with Gasteiger partial charge in [0.15, 0.2) is 0 Å². The third kappa shape index (κ3) is 13.1. The Morgan fingerprint density at radius 2 is 1.88 bits per heavy atom. The van der Waals surface area contributed by atoms with Crippen molar-refractivity contribution in [1.29, 1.82) is 0 Å². The van der Waals surface area contributed by atoms with Crippen molar-refractivity contribution in [1.82, 2.24) is 0 Å². The zero-order valence-electron chi connectivity index (χ0n) is 22.2. The summed E-state index contributed by atoms with van der Waals surface area (Å²) in [6.45, 7) is 4.30. The molecule has 0 saturated carbocycles. The van der Waals surface area contributed by atoms with E-state index in [1.54, 1.807) is 0 Å².